The lowest BCUT2D eigenvalue weighted by atomic mass is 10.1. The molecule has 2 aliphatic heterocycles. The molecule has 0 N–H and O–H groups in total. The molecule has 0 aromatic heterocycles. The molecule has 0 bridgehead atoms. The highest BCUT2D eigenvalue weighted by molar-refractivity contribution is 7.81. The van der Waals surface area contributed by atoms with Gasteiger partial charge < -0.3 is 19.6 Å². The van der Waals surface area contributed by atoms with E-state index in [1.165, 1.54) is 0 Å². The fourth-order valence-corrected chi connectivity index (χ4v) is 3.68. The molecular formula is C19H27ClN4S. The van der Waals surface area contributed by atoms with E-state index in [0.717, 1.165) is 73.5 Å². The van der Waals surface area contributed by atoms with Gasteiger partial charge in [0, 0.05) is 69.2 Å². The van der Waals surface area contributed by atoms with Gasteiger partial charge >= 0.3 is 0 Å². The first kappa shape index (κ1) is 18.6. The summed E-state index contributed by atoms with van der Waals surface area (Å²) in [5.41, 5.74) is 2.29. The predicted molar refractivity (Wildman–Crippen MR) is 110 cm³/mol. The van der Waals surface area contributed by atoms with Crippen molar-refractivity contribution < 1.29 is 0 Å². The van der Waals surface area contributed by atoms with Crippen LogP contribution in [0.3, 0.4) is 0 Å². The van der Waals surface area contributed by atoms with Crippen LogP contribution >= 0.6 is 23.8 Å². The van der Waals surface area contributed by atoms with Crippen LogP contribution in [0.25, 0.3) is 5.57 Å². The van der Waals surface area contributed by atoms with E-state index in [2.05, 4.69) is 52.0 Å². The molecule has 6 heteroatoms. The summed E-state index contributed by atoms with van der Waals surface area (Å²) in [4.78, 5) is 10.4. The van der Waals surface area contributed by atoms with E-state index in [1.54, 1.807) is 0 Å². The highest BCUT2D eigenvalue weighted by Gasteiger charge is 2.21. The molecule has 1 aromatic rings. The number of likely N-dealkylation sites (N-methyl/N-ethyl adjacent to an activating group) is 2. The van der Waals surface area contributed by atoms with E-state index < -0.39 is 0 Å². The number of hydrogen-bond donors (Lipinski definition) is 0. The Morgan fingerprint density at radius 1 is 0.880 bits per heavy atom. The van der Waals surface area contributed by atoms with Gasteiger partial charge in [0.15, 0.2) is 0 Å². The number of thiocarbonyl (C=S) groups is 1. The highest BCUT2D eigenvalue weighted by atomic mass is 35.5. The van der Waals surface area contributed by atoms with Crippen LogP contribution in [-0.2, 0) is 0 Å². The van der Waals surface area contributed by atoms with Crippen LogP contribution in [0.2, 0.25) is 5.02 Å². The lowest BCUT2D eigenvalue weighted by Crippen LogP contribution is -2.47. The van der Waals surface area contributed by atoms with Crippen LogP contribution in [0, 0.1) is 0 Å². The van der Waals surface area contributed by atoms with Gasteiger partial charge in [-0.15, -0.1) is 0 Å². The van der Waals surface area contributed by atoms with Gasteiger partial charge in [0.2, 0.25) is 0 Å². The van der Waals surface area contributed by atoms with Gasteiger partial charge in [-0.2, -0.15) is 0 Å². The Morgan fingerprint density at radius 3 is 1.96 bits per heavy atom. The summed E-state index contributed by atoms with van der Waals surface area (Å²) < 4.78 is 0. The smallest absolute Gasteiger partial charge is 0.111 e. The summed E-state index contributed by atoms with van der Waals surface area (Å²) in [7, 11) is 4.34. The van der Waals surface area contributed by atoms with Crippen molar-refractivity contribution >= 4 is 34.4 Å². The Morgan fingerprint density at radius 2 is 1.40 bits per heavy atom. The highest BCUT2D eigenvalue weighted by Crippen LogP contribution is 2.23. The van der Waals surface area contributed by atoms with E-state index >= 15 is 0 Å². The Labute approximate surface area is 161 Å². The molecule has 0 aliphatic carbocycles. The molecule has 2 fully saturated rings. The van der Waals surface area contributed by atoms with Crippen molar-refractivity contribution in [1.29, 1.82) is 0 Å². The topological polar surface area (TPSA) is 13.0 Å². The Hall–Kier alpha value is -1.14. The fraction of sp³-hybridized carbons (Fsp3) is 0.526. The van der Waals surface area contributed by atoms with Crippen molar-refractivity contribution in [3.8, 4) is 0 Å². The van der Waals surface area contributed by atoms with Gasteiger partial charge in [0.05, 0.1) is 0 Å². The van der Waals surface area contributed by atoms with Crippen LogP contribution in [0.1, 0.15) is 5.56 Å². The average molecular weight is 379 g/mol. The zero-order valence-electron chi connectivity index (χ0n) is 15.1. The third-order valence-corrected chi connectivity index (χ3v) is 5.76. The molecule has 25 heavy (non-hydrogen) atoms. The fourth-order valence-electron chi connectivity index (χ4n) is 3.20. The summed E-state index contributed by atoms with van der Waals surface area (Å²) in [6.07, 6.45) is 2.26. The summed E-state index contributed by atoms with van der Waals surface area (Å²) in [5, 5.41) is 0.758. The molecule has 2 saturated heterocycles. The molecule has 136 valence electrons. The molecular weight excluding hydrogens is 352 g/mol. The Balaban J connectivity index is 1.83. The van der Waals surface area contributed by atoms with Gasteiger partial charge in [-0.25, -0.2) is 0 Å². The van der Waals surface area contributed by atoms with Crippen molar-refractivity contribution in [3.63, 3.8) is 0 Å². The van der Waals surface area contributed by atoms with Gasteiger partial charge in [0.1, 0.15) is 4.99 Å². The zero-order valence-corrected chi connectivity index (χ0v) is 16.7. The van der Waals surface area contributed by atoms with E-state index in [-0.39, 0.29) is 0 Å². The van der Waals surface area contributed by atoms with Crippen LogP contribution in [0.4, 0.5) is 0 Å². The molecule has 0 spiro atoms. The summed E-state index contributed by atoms with van der Waals surface area (Å²) in [6.45, 7) is 8.35. The van der Waals surface area contributed by atoms with Gasteiger partial charge in [-0.1, -0.05) is 36.0 Å². The first-order valence-corrected chi connectivity index (χ1v) is 9.70. The summed E-state index contributed by atoms with van der Waals surface area (Å²) in [6, 6.07) is 8.04. The maximum atomic E-state index is 6.08. The molecule has 0 amide bonds. The normalized spacial score (nSPS) is 20.8. The second-order valence-corrected chi connectivity index (χ2v) is 7.81. The van der Waals surface area contributed by atoms with E-state index in [1.807, 2.05) is 12.1 Å². The third-order valence-electron chi connectivity index (χ3n) is 5.03. The molecule has 0 radical (unpaired) electrons. The molecule has 2 aliphatic rings. The van der Waals surface area contributed by atoms with Gasteiger partial charge in [0.25, 0.3) is 0 Å². The molecule has 0 atom stereocenters. The van der Waals surface area contributed by atoms with Crippen LogP contribution < -0.4 is 0 Å². The van der Waals surface area contributed by atoms with Crippen molar-refractivity contribution in [2.75, 3.05) is 66.5 Å². The zero-order chi connectivity index (χ0) is 17.8. The molecule has 1 aromatic carbocycles. The molecule has 0 unspecified atom stereocenters. The van der Waals surface area contributed by atoms with E-state index in [9.17, 15) is 0 Å². The SMILES string of the molecule is CN1CCN(/C=C(\C(=S)N2CCN(C)CC2)c2ccc(Cl)cc2)CC1. The number of hydrogen-bond acceptors (Lipinski definition) is 4. The second kappa shape index (κ2) is 8.49. The predicted octanol–water partition coefficient (Wildman–Crippen LogP) is 2.50. The van der Waals surface area contributed by atoms with Crippen LogP contribution in [-0.4, -0.2) is 91.0 Å². The van der Waals surface area contributed by atoms with Crippen molar-refractivity contribution in [2.24, 2.45) is 0 Å². The number of benzene rings is 1. The van der Waals surface area contributed by atoms with Gasteiger partial charge in [-0.3, -0.25) is 0 Å². The minimum absolute atomic E-state index is 0.758. The standard InChI is InChI=1S/C19H27ClN4S/c1-21-7-11-23(12-8-21)15-18(16-3-5-17(20)6-4-16)19(25)24-13-9-22(2)10-14-24/h3-6,15H,7-14H2,1-2H3/b18-15-. The first-order valence-electron chi connectivity index (χ1n) is 8.91. The number of nitrogens with zero attached hydrogens (tertiary/aromatic N) is 4. The van der Waals surface area contributed by atoms with Crippen molar-refractivity contribution in [2.45, 2.75) is 0 Å². The quantitative estimate of drug-likeness (QED) is 0.590. The van der Waals surface area contributed by atoms with Crippen LogP contribution in [0.15, 0.2) is 30.5 Å². The minimum atomic E-state index is 0.758. The van der Waals surface area contributed by atoms with Gasteiger partial charge in [-0.05, 0) is 31.8 Å². The number of rotatable bonds is 3. The second-order valence-electron chi connectivity index (χ2n) is 6.98. The van der Waals surface area contributed by atoms with Crippen molar-refractivity contribution in [1.82, 2.24) is 19.6 Å². The molecule has 3 rings (SSSR count). The third kappa shape index (κ3) is 4.94. The van der Waals surface area contributed by atoms with E-state index in [0.29, 0.717) is 0 Å². The number of piperazine rings is 2. The first-order chi connectivity index (χ1) is 12.0. The van der Waals surface area contributed by atoms with E-state index in [4.69, 9.17) is 23.8 Å². The van der Waals surface area contributed by atoms with Crippen LogP contribution in [0.5, 0.6) is 0 Å². The average Bonchev–Trinajstić information content (AvgIpc) is 2.62. The molecule has 4 nitrogen and oxygen atoms in total. The lowest BCUT2D eigenvalue weighted by Gasteiger charge is -2.36. The summed E-state index contributed by atoms with van der Waals surface area (Å²) in [5.74, 6) is 0. The summed E-state index contributed by atoms with van der Waals surface area (Å²) >= 11 is 12.0. The lowest BCUT2D eigenvalue weighted by molar-refractivity contribution is 0.198. The largest absolute Gasteiger partial charge is 0.374 e. The number of halogens is 1. The van der Waals surface area contributed by atoms with Crippen molar-refractivity contribution in [3.05, 3.63) is 41.1 Å². The maximum Gasteiger partial charge on any atom is 0.111 e. The monoisotopic (exact) mass is 378 g/mol. The Kier molecular flexibility index (Phi) is 6.34. The minimum Gasteiger partial charge on any atom is -0.374 e. The Bertz CT molecular complexity index is 615. The molecule has 2 heterocycles. The maximum absolute atomic E-state index is 6.08. The molecule has 0 saturated carbocycles.